The van der Waals surface area contributed by atoms with Crippen LogP contribution in [0.3, 0.4) is 0 Å². The van der Waals surface area contributed by atoms with Gasteiger partial charge in [-0.25, -0.2) is 13.1 Å². The van der Waals surface area contributed by atoms with E-state index in [9.17, 15) is 13.2 Å². The fourth-order valence-corrected chi connectivity index (χ4v) is 4.06. The zero-order valence-electron chi connectivity index (χ0n) is 15.5. The number of carbonyl (C=O) groups excluding carboxylic acids is 1. The Hall–Kier alpha value is -1.96. The van der Waals surface area contributed by atoms with Crippen molar-refractivity contribution in [2.45, 2.75) is 32.7 Å². The highest BCUT2D eigenvalue weighted by atomic mass is 35.5. The normalized spacial score (nSPS) is 11.2. The Bertz CT molecular complexity index is 949. The number of anilines is 2. The van der Waals surface area contributed by atoms with Gasteiger partial charge in [-0.2, -0.15) is 0 Å². The van der Waals surface area contributed by atoms with Crippen molar-refractivity contribution in [2.24, 2.45) is 0 Å². The molecule has 0 unspecified atom stereocenters. The second-order valence-electron chi connectivity index (χ2n) is 6.35. The average molecular weight is 444 g/mol. The Balaban J connectivity index is 2.08. The van der Waals surface area contributed by atoms with E-state index >= 15 is 0 Å². The second-order valence-corrected chi connectivity index (χ2v) is 9.03. The molecule has 4 N–H and O–H groups in total. The lowest BCUT2D eigenvalue weighted by Gasteiger charge is -2.13. The Morgan fingerprint density at radius 2 is 1.86 bits per heavy atom. The lowest BCUT2D eigenvalue weighted by atomic mass is 10.1. The maximum absolute atomic E-state index is 12.3. The number of rotatable bonds is 9. The quantitative estimate of drug-likeness (QED) is 0.392. The van der Waals surface area contributed by atoms with Crippen molar-refractivity contribution in [2.75, 3.05) is 16.8 Å². The molecule has 0 aliphatic carbocycles. The summed E-state index contributed by atoms with van der Waals surface area (Å²) in [5.74, 6) is -0.772. The molecule has 0 fully saturated rings. The molecule has 2 aromatic carbocycles. The van der Waals surface area contributed by atoms with Crippen LogP contribution in [-0.4, -0.2) is 20.1 Å². The maximum atomic E-state index is 12.3. The molecular formula is C19H23Cl2N3O3S. The molecule has 28 heavy (non-hydrogen) atoms. The summed E-state index contributed by atoms with van der Waals surface area (Å²) in [6.07, 6.45) is 2.20. The van der Waals surface area contributed by atoms with E-state index in [1.165, 1.54) is 12.1 Å². The number of hydrogen-bond acceptors (Lipinski definition) is 5. The molecule has 0 heterocycles. The van der Waals surface area contributed by atoms with Gasteiger partial charge in [0.25, 0.3) is 5.91 Å². The molecule has 0 bridgehead atoms. The van der Waals surface area contributed by atoms with Gasteiger partial charge in [-0.05, 0) is 42.3 Å². The Morgan fingerprint density at radius 3 is 2.54 bits per heavy atom. The minimum Gasteiger partial charge on any atom is -0.397 e. The van der Waals surface area contributed by atoms with Crippen LogP contribution in [0.15, 0.2) is 36.4 Å². The van der Waals surface area contributed by atoms with Crippen LogP contribution < -0.4 is 15.8 Å². The highest BCUT2D eigenvalue weighted by molar-refractivity contribution is 7.90. The molecule has 2 aromatic rings. The number of nitrogens with one attached hydrogen (secondary N) is 2. The molecule has 2 rings (SSSR count). The molecule has 1 amide bonds. The third-order valence-electron chi connectivity index (χ3n) is 4.06. The number of nitrogen functional groups attached to an aromatic ring is 1. The summed E-state index contributed by atoms with van der Waals surface area (Å²) in [7, 11) is -3.67. The van der Waals surface area contributed by atoms with Gasteiger partial charge < -0.3 is 11.1 Å². The van der Waals surface area contributed by atoms with Crippen molar-refractivity contribution in [3.05, 3.63) is 57.6 Å². The van der Waals surface area contributed by atoms with E-state index in [2.05, 4.69) is 10.0 Å². The third kappa shape index (κ3) is 6.58. The van der Waals surface area contributed by atoms with E-state index in [0.29, 0.717) is 34.4 Å². The fraction of sp³-hybridized carbons (Fsp3) is 0.316. The van der Waals surface area contributed by atoms with Crippen LogP contribution in [0, 0.1) is 0 Å². The highest BCUT2D eigenvalue weighted by Crippen LogP contribution is 2.25. The molecule has 0 saturated heterocycles. The minimum absolute atomic E-state index is 0.0816. The van der Waals surface area contributed by atoms with Crippen LogP contribution in [-0.2, 0) is 16.6 Å². The smallest absolute Gasteiger partial charge is 0.264 e. The lowest BCUT2D eigenvalue weighted by molar-refractivity contribution is 0.0981. The van der Waals surface area contributed by atoms with Gasteiger partial charge in [-0.15, -0.1) is 0 Å². The molecular weight excluding hydrogens is 421 g/mol. The maximum Gasteiger partial charge on any atom is 0.264 e. The second kappa shape index (κ2) is 10.0. The first-order valence-corrected chi connectivity index (χ1v) is 11.2. The number of unbranched alkanes of at least 4 members (excludes halogenated alkanes) is 2. The number of sulfonamides is 1. The predicted molar refractivity (Wildman–Crippen MR) is 115 cm³/mol. The van der Waals surface area contributed by atoms with Gasteiger partial charge in [-0.1, -0.05) is 49.0 Å². The molecule has 0 aromatic heterocycles. The molecule has 0 aliphatic rings. The van der Waals surface area contributed by atoms with E-state index < -0.39 is 15.9 Å². The molecule has 0 aliphatic heterocycles. The van der Waals surface area contributed by atoms with Crippen LogP contribution in [0.4, 0.5) is 11.4 Å². The number of benzene rings is 2. The Kier molecular flexibility index (Phi) is 7.98. The number of amides is 1. The van der Waals surface area contributed by atoms with E-state index in [-0.39, 0.29) is 11.3 Å². The van der Waals surface area contributed by atoms with Crippen molar-refractivity contribution in [3.63, 3.8) is 0 Å². The van der Waals surface area contributed by atoms with Crippen molar-refractivity contribution in [1.82, 2.24) is 4.72 Å². The number of halogens is 2. The summed E-state index contributed by atoms with van der Waals surface area (Å²) in [5, 5.41) is 4.15. The monoisotopic (exact) mass is 443 g/mol. The molecule has 0 saturated carbocycles. The van der Waals surface area contributed by atoms with Gasteiger partial charge >= 0.3 is 0 Å². The molecule has 0 radical (unpaired) electrons. The number of carbonyl (C=O) groups is 1. The summed E-state index contributed by atoms with van der Waals surface area (Å²) in [5.41, 5.74) is 7.88. The first kappa shape index (κ1) is 22.3. The standard InChI is InChI=1S/C19H23Cl2N3O3S/c1-2-3-4-9-28(26,27)24-19(25)13-6-8-17(22)18(10-13)23-12-14-5-7-15(20)11-16(14)21/h5-8,10-11,23H,2-4,9,12,22H2,1H3,(H,24,25). The van der Waals surface area contributed by atoms with Gasteiger partial charge in [-0.3, -0.25) is 4.79 Å². The molecule has 0 spiro atoms. The zero-order chi connectivity index (χ0) is 20.7. The zero-order valence-corrected chi connectivity index (χ0v) is 17.8. The average Bonchev–Trinajstić information content (AvgIpc) is 2.62. The van der Waals surface area contributed by atoms with E-state index in [1.807, 2.05) is 6.92 Å². The first-order valence-electron chi connectivity index (χ1n) is 8.84. The van der Waals surface area contributed by atoms with Gasteiger partial charge in [0.05, 0.1) is 17.1 Å². The van der Waals surface area contributed by atoms with E-state index in [0.717, 1.165) is 18.4 Å². The van der Waals surface area contributed by atoms with Crippen LogP contribution in [0.2, 0.25) is 10.0 Å². The van der Waals surface area contributed by atoms with Crippen molar-refractivity contribution in [3.8, 4) is 0 Å². The van der Waals surface area contributed by atoms with Crippen LogP contribution in [0.25, 0.3) is 0 Å². The van der Waals surface area contributed by atoms with Gasteiger partial charge in [0.2, 0.25) is 10.0 Å². The van der Waals surface area contributed by atoms with Crippen LogP contribution >= 0.6 is 23.2 Å². The Morgan fingerprint density at radius 1 is 1.11 bits per heavy atom. The Labute approximate surface area is 175 Å². The van der Waals surface area contributed by atoms with E-state index in [4.69, 9.17) is 28.9 Å². The largest absolute Gasteiger partial charge is 0.397 e. The van der Waals surface area contributed by atoms with Crippen LogP contribution in [0.5, 0.6) is 0 Å². The summed E-state index contributed by atoms with van der Waals surface area (Å²) in [4.78, 5) is 12.3. The number of nitrogens with two attached hydrogens (primary N) is 1. The van der Waals surface area contributed by atoms with Crippen LogP contribution in [0.1, 0.15) is 42.1 Å². The summed E-state index contributed by atoms with van der Waals surface area (Å²) in [6.45, 7) is 2.34. The SMILES string of the molecule is CCCCCS(=O)(=O)NC(=O)c1ccc(N)c(NCc2ccc(Cl)cc2Cl)c1. The van der Waals surface area contributed by atoms with Gasteiger partial charge in [0, 0.05) is 22.2 Å². The third-order valence-corrected chi connectivity index (χ3v) is 5.97. The fourth-order valence-electron chi connectivity index (χ4n) is 2.50. The topological polar surface area (TPSA) is 101 Å². The molecule has 6 nitrogen and oxygen atoms in total. The summed E-state index contributed by atoms with van der Waals surface area (Å²) in [6, 6.07) is 9.68. The predicted octanol–water partition coefficient (Wildman–Crippen LogP) is 4.44. The first-order chi connectivity index (χ1) is 13.2. The van der Waals surface area contributed by atoms with Gasteiger partial charge in [0.15, 0.2) is 0 Å². The highest BCUT2D eigenvalue weighted by Gasteiger charge is 2.16. The summed E-state index contributed by atoms with van der Waals surface area (Å²) >= 11 is 12.0. The number of hydrogen-bond donors (Lipinski definition) is 3. The van der Waals surface area contributed by atoms with Crippen molar-refractivity contribution in [1.29, 1.82) is 0 Å². The van der Waals surface area contributed by atoms with E-state index in [1.54, 1.807) is 24.3 Å². The minimum atomic E-state index is -3.67. The molecule has 9 heteroatoms. The van der Waals surface area contributed by atoms with Gasteiger partial charge in [0.1, 0.15) is 0 Å². The van der Waals surface area contributed by atoms with Crippen molar-refractivity contribution >= 4 is 50.5 Å². The molecule has 0 atom stereocenters. The lowest BCUT2D eigenvalue weighted by Crippen LogP contribution is -2.32. The molecule has 152 valence electrons. The summed E-state index contributed by atoms with van der Waals surface area (Å²) < 4.78 is 26.1. The van der Waals surface area contributed by atoms with Crippen molar-refractivity contribution < 1.29 is 13.2 Å².